The summed E-state index contributed by atoms with van der Waals surface area (Å²) in [5, 5.41) is 0. The van der Waals surface area contributed by atoms with Crippen molar-refractivity contribution >= 4 is 11.8 Å². The van der Waals surface area contributed by atoms with Gasteiger partial charge in [0.05, 0.1) is 6.20 Å². The molecule has 0 unspecified atom stereocenters. The average Bonchev–Trinajstić information content (AvgIpc) is 2.56. The van der Waals surface area contributed by atoms with Crippen LogP contribution in [0.1, 0.15) is 31.3 Å². The van der Waals surface area contributed by atoms with Crippen molar-refractivity contribution in [3.63, 3.8) is 0 Å². The summed E-state index contributed by atoms with van der Waals surface area (Å²) in [6.45, 7) is 5.44. The number of rotatable bonds is 2. The summed E-state index contributed by atoms with van der Waals surface area (Å²) in [6.07, 6.45) is 1.43. The zero-order valence-corrected chi connectivity index (χ0v) is 8.79. The molecule has 1 rings (SSSR count). The number of carbonyl (C=O) groups excluding carboxylic acids is 1. The number of ketones is 1. The van der Waals surface area contributed by atoms with Gasteiger partial charge in [0.15, 0.2) is 11.5 Å². The molecule has 4 nitrogen and oxygen atoms in total. The molecule has 0 spiro atoms. The molecule has 0 atom stereocenters. The van der Waals surface area contributed by atoms with Crippen molar-refractivity contribution in [1.82, 2.24) is 4.98 Å². The van der Waals surface area contributed by atoms with Gasteiger partial charge >= 0.3 is 0 Å². The quantitative estimate of drug-likeness (QED) is 0.659. The van der Waals surface area contributed by atoms with Crippen LogP contribution >= 0.6 is 0 Å². The Balaban J connectivity index is 0.000000671. The van der Waals surface area contributed by atoms with E-state index < -0.39 is 0 Å². The van der Waals surface area contributed by atoms with Gasteiger partial charge in [0, 0.05) is 21.0 Å². The first-order valence-corrected chi connectivity index (χ1v) is 4.25. The molecule has 0 fully saturated rings. The molecule has 0 bridgehead atoms. The maximum Gasteiger partial charge on any atom is 0.297 e. The topological polar surface area (TPSA) is 46.3 Å². The van der Waals surface area contributed by atoms with E-state index >= 15 is 0 Å². The fraction of sp³-hybridized carbons (Fsp3) is 0.556. The third kappa shape index (κ3) is 3.27. The van der Waals surface area contributed by atoms with Crippen LogP contribution in [0.25, 0.3) is 0 Å². The molecular formula is C9H16N2O2. The Labute approximate surface area is 78.6 Å². The highest BCUT2D eigenvalue weighted by Gasteiger charge is 2.07. The summed E-state index contributed by atoms with van der Waals surface area (Å²) in [7, 11) is 3.60. The molecule has 4 heteroatoms. The van der Waals surface area contributed by atoms with Crippen LogP contribution in [0, 0.1) is 0 Å². The summed E-state index contributed by atoms with van der Waals surface area (Å²) >= 11 is 0. The molecule has 1 aromatic rings. The lowest BCUT2D eigenvalue weighted by Crippen LogP contribution is -2.08. The summed E-state index contributed by atoms with van der Waals surface area (Å²) in [5.74, 6) is 0.194. The Hall–Kier alpha value is -1.32. The van der Waals surface area contributed by atoms with Gasteiger partial charge in [0.1, 0.15) is 0 Å². The SMILES string of the molecule is CC.CC(=O)c1cnc(N(C)C)o1. The highest BCUT2D eigenvalue weighted by Crippen LogP contribution is 2.11. The van der Waals surface area contributed by atoms with Crippen LogP contribution in [-0.4, -0.2) is 24.9 Å². The Bertz CT molecular complexity index is 266. The lowest BCUT2D eigenvalue weighted by molar-refractivity contribution is 0.0988. The number of hydrogen-bond donors (Lipinski definition) is 0. The van der Waals surface area contributed by atoms with Crippen molar-refractivity contribution in [2.45, 2.75) is 20.8 Å². The van der Waals surface area contributed by atoms with E-state index in [1.807, 2.05) is 13.8 Å². The fourth-order valence-electron chi connectivity index (χ4n) is 0.634. The number of Topliss-reactive ketones (excluding diaryl/α,β-unsaturated/α-hetero) is 1. The molecule has 0 aliphatic rings. The van der Waals surface area contributed by atoms with Gasteiger partial charge in [-0.05, 0) is 0 Å². The predicted octanol–water partition coefficient (Wildman–Crippen LogP) is 1.97. The first kappa shape index (κ1) is 11.7. The van der Waals surface area contributed by atoms with Crippen LogP contribution in [0.4, 0.5) is 6.01 Å². The van der Waals surface area contributed by atoms with Crippen molar-refractivity contribution in [3.8, 4) is 0 Å². The van der Waals surface area contributed by atoms with Gasteiger partial charge in [-0.15, -0.1) is 0 Å². The van der Waals surface area contributed by atoms with E-state index in [-0.39, 0.29) is 5.78 Å². The van der Waals surface area contributed by atoms with Crippen molar-refractivity contribution in [2.24, 2.45) is 0 Å². The van der Waals surface area contributed by atoms with Crippen molar-refractivity contribution in [1.29, 1.82) is 0 Å². The number of hydrogen-bond acceptors (Lipinski definition) is 4. The van der Waals surface area contributed by atoms with E-state index in [1.54, 1.807) is 19.0 Å². The lowest BCUT2D eigenvalue weighted by atomic mass is 10.4. The Kier molecular flexibility index (Phi) is 4.80. The maximum atomic E-state index is 10.7. The van der Waals surface area contributed by atoms with Crippen LogP contribution in [-0.2, 0) is 0 Å². The predicted molar refractivity (Wildman–Crippen MR) is 52.2 cm³/mol. The zero-order chi connectivity index (χ0) is 10.4. The van der Waals surface area contributed by atoms with Gasteiger partial charge in [0.25, 0.3) is 6.01 Å². The molecule has 0 aliphatic carbocycles. The van der Waals surface area contributed by atoms with Crippen molar-refractivity contribution in [2.75, 3.05) is 19.0 Å². The first-order chi connectivity index (χ1) is 6.11. The second-order valence-electron chi connectivity index (χ2n) is 2.46. The van der Waals surface area contributed by atoms with Gasteiger partial charge in [-0.2, -0.15) is 0 Å². The Morgan fingerprint density at radius 2 is 2.00 bits per heavy atom. The molecule has 0 amide bonds. The fourth-order valence-corrected chi connectivity index (χ4v) is 0.634. The monoisotopic (exact) mass is 184 g/mol. The van der Waals surface area contributed by atoms with E-state index in [1.165, 1.54) is 13.1 Å². The summed E-state index contributed by atoms with van der Waals surface area (Å²) in [6, 6.07) is 0.454. The number of nitrogens with zero attached hydrogens (tertiary/aromatic N) is 2. The highest BCUT2D eigenvalue weighted by atomic mass is 16.4. The minimum Gasteiger partial charge on any atom is -0.420 e. The van der Waals surface area contributed by atoms with E-state index in [0.29, 0.717) is 11.8 Å². The zero-order valence-electron chi connectivity index (χ0n) is 8.79. The summed E-state index contributed by atoms with van der Waals surface area (Å²) < 4.78 is 5.07. The minimum atomic E-state index is -0.106. The van der Waals surface area contributed by atoms with E-state index in [2.05, 4.69) is 4.98 Å². The second kappa shape index (κ2) is 5.35. The second-order valence-corrected chi connectivity index (χ2v) is 2.46. The van der Waals surface area contributed by atoms with Crippen LogP contribution in [0.5, 0.6) is 0 Å². The Morgan fingerprint density at radius 1 is 1.46 bits per heavy atom. The summed E-state index contributed by atoms with van der Waals surface area (Å²) in [5.41, 5.74) is 0. The maximum absolute atomic E-state index is 10.7. The third-order valence-corrected chi connectivity index (χ3v) is 1.22. The number of oxazole rings is 1. The van der Waals surface area contributed by atoms with Gasteiger partial charge in [-0.25, -0.2) is 4.98 Å². The van der Waals surface area contributed by atoms with Gasteiger partial charge in [-0.3, -0.25) is 4.79 Å². The van der Waals surface area contributed by atoms with E-state index in [4.69, 9.17) is 4.42 Å². The molecule has 0 aromatic carbocycles. The molecule has 0 saturated carbocycles. The van der Waals surface area contributed by atoms with Crippen LogP contribution in [0.15, 0.2) is 10.6 Å². The lowest BCUT2D eigenvalue weighted by Gasteiger charge is -2.03. The molecule has 0 saturated heterocycles. The smallest absolute Gasteiger partial charge is 0.297 e. The molecule has 13 heavy (non-hydrogen) atoms. The molecular weight excluding hydrogens is 168 g/mol. The number of aromatic nitrogens is 1. The molecule has 0 N–H and O–H groups in total. The molecule has 74 valence electrons. The van der Waals surface area contributed by atoms with Crippen LogP contribution in [0.3, 0.4) is 0 Å². The molecule has 1 heterocycles. The normalized spacial score (nSPS) is 8.69. The van der Waals surface area contributed by atoms with Crippen molar-refractivity contribution < 1.29 is 9.21 Å². The molecule has 0 aliphatic heterocycles. The third-order valence-electron chi connectivity index (χ3n) is 1.22. The van der Waals surface area contributed by atoms with E-state index in [9.17, 15) is 4.79 Å². The van der Waals surface area contributed by atoms with Gasteiger partial charge in [0.2, 0.25) is 0 Å². The number of anilines is 1. The van der Waals surface area contributed by atoms with Crippen LogP contribution in [0.2, 0.25) is 0 Å². The minimum absolute atomic E-state index is 0.106. The first-order valence-electron chi connectivity index (χ1n) is 4.25. The highest BCUT2D eigenvalue weighted by molar-refractivity contribution is 5.91. The van der Waals surface area contributed by atoms with E-state index in [0.717, 1.165) is 0 Å². The molecule has 1 aromatic heterocycles. The van der Waals surface area contributed by atoms with Gasteiger partial charge < -0.3 is 9.32 Å². The largest absolute Gasteiger partial charge is 0.420 e. The van der Waals surface area contributed by atoms with Crippen molar-refractivity contribution in [3.05, 3.63) is 12.0 Å². The van der Waals surface area contributed by atoms with Crippen LogP contribution < -0.4 is 4.90 Å². The van der Waals surface area contributed by atoms with Gasteiger partial charge in [-0.1, -0.05) is 13.8 Å². The molecule has 0 radical (unpaired) electrons. The Morgan fingerprint density at radius 3 is 2.23 bits per heavy atom. The standard InChI is InChI=1S/C7H10N2O2.C2H6/c1-5(10)6-4-8-7(11-6)9(2)3;1-2/h4H,1-3H3;1-2H3. The average molecular weight is 184 g/mol. The summed E-state index contributed by atoms with van der Waals surface area (Å²) in [4.78, 5) is 16.3. The number of carbonyl (C=O) groups is 1.